The highest BCUT2D eigenvalue weighted by molar-refractivity contribution is 7.55. The smallest absolute Gasteiger partial charge is 0.0833 e. The fourth-order valence-electron chi connectivity index (χ4n) is 0. The molecular formula is C2H6O3P-. The van der Waals surface area contributed by atoms with Crippen molar-refractivity contribution in [3.8, 4) is 0 Å². The van der Waals surface area contributed by atoms with E-state index >= 15 is 0 Å². The largest absolute Gasteiger partial charge is 0.798 e. The summed E-state index contributed by atoms with van der Waals surface area (Å²) in [5.41, 5.74) is 0. The van der Waals surface area contributed by atoms with Gasteiger partial charge in [-0.15, -0.1) is 0 Å². The van der Waals surface area contributed by atoms with Gasteiger partial charge >= 0.3 is 0 Å². The predicted octanol–water partition coefficient (Wildman–Crippen LogP) is -0.796. The van der Waals surface area contributed by atoms with Gasteiger partial charge in [-0.3, -0.25) is 0 Å². The van der Waals surface area contributed by atoms with Crippen LogP contribution in [0.2, 0.25) is 0 Å². The summed E-state index contributed by atoms with van der Waals surface area (Å²) in [5, 5.41) is 7.83. The summed E-state index contributed by atoms with van der Waals surface area (Å²) in [6, 6.07) is 0. The second-order valence-corrected chi connectivity index (χ2v) is 3.47. The zero-order chi connectivity index (χ0) is 5.21. The van der Waals surface area contributed by atoms with E-state index in [4.69, 9.17) is 5.11 Å². The average molecular weight is 109 g/mol. The summed E-state index contributed by atoms with van der Waals surface area (Å²) >= 11 is 0. The van der Waals surface area contributed by atoms with Gasteiger partial charge in [-0.05, 0) is 6.66 Å². The van der Waals surface area contributed by atoms with Gasteiger partial charge in [-0.2, -0.15) is 0 Å². The number of aliphatic hydroxyl groups is 1. The minimum Gasteiger partial charge on any atom is -0.798 e. The molecule has 3 nitrogen and oxygen atoms in total. The lowest BCUT2D eigenvalue weighted by Crippen LogP contribution is -2.00. The van der Waals surface area contributed by atoms with Crippen LogP contribution in [-0.2, 0) is 4.57 Å². The van der Waals surface area contributed by atoms with Crippen molar-refractivity contribution in [1.82, 2.24) is 0 Å². The Labute approximate surface area is 36.1 Å². The van der Waals surface area contributed by atoms with E-state index in [1.54, 1.807) is 0 Å². The van der Waals surface area contributed by atoms with Gasteiger partial charge in [0.05, 0.1) is 6.35 Å². The minimum absolute atomic E-state index is 0.729. The molecule has 0 radical (unpaired) electrons. The van der Waals surface area contributed by atoms with Crippen molar-refractivity contribution in [1.29, 1.82) is 0 Å². The molecule has 0 fully saturated rings. The van der Waals surface area contributed by atoms with Crippen LogP contribution >= 0.6 is 7.37 Å². The van der Waals surface area contributed by atoms with Crippen molar-refractivity contribution in [2.45, 2.75) is 0 Å². The molecule has 0 rings (SSSR count). The second-order valence-electron chi connectivity index (χ2n) is 1.16. The maximum absolute atomic E-state index is 9.78. The molecular weight excluding hydrogens is 103 g/mol. The van der Waals surface area contributed by atoms with E-state index in [0.29, 0.717) is 0 Å². The maximum Gasteiger partial charge on any atom is 0.0833 e. The van der Waals surface area contributed by atoms with Crippen molar-refractivity contribution < 1.29 is 14.6 Å². The molecule has 1 N–H and O–H groups in total. The van der Waals surface area contributed by atoms with Crippen LogP contribution < -0.4 is 4.89 Å². The van der Waals surface area contributed by atoms with E-state index in [1.807, 2.05) is 0 Å². The number of hydrogen-bond donors (Lipinski definition) is 1. The molecule has 38 valence electrons. The molecule has 0 bridgehead atoms. The van der Waals surface area contributed by atoms with Gasteiger partial charge in [-0.25, -0.2) is 0 Å². The van der Waals surface area contributed by atoms with Crippen molar-refractivity contribution in [3.05, 3.63) is 0 Å². The summed E-state index contributed by atoms with van der Waals surface area (Å²) in [4.78, 5) is 9.78. The molecule has 0 aromatic heterocycles. The fourth-order valence-corrected chi connectivity index (χ4v) is 0. The molecule has 0 saturated carbocycles. The van der Waals surface area contributed by atoms with Crippen LogP contribution in [-0.4, -0.2) is 18.1 Å². The first-order chi connectivity index (χ1) is 2.56. The van der Waals surface area contributed by atoms with Gasteiger partial charge in [0.25, 0.3) is 0 Å². The third-order valence-electron chi connectivity index (χ3n) is 0.257. The number of aliphatic hydroxyl groups excluding tert-OH is 1. The highest BCUT2D eigenvalue weighted by Crippen LogP contribution is 2.26. The third kappa shape index (κ3) is 4.15. The molecule has 0 amide bonds. The lowest BCUT2D eigenvalue weighted by Gasteiger charge is -2.11. The SMILES string of the molecule is CP(=O)([O-])CO. The molecule has 0 spiro atoms. The zero-order valence-electron chi connectivity index (χ0n) is 3.42. The van der Waals surface area contributed by atoms with Crippen molar-refractivity contribution in [2.75, 3.05) is 13.0 Å². The molecule has 0 heterocycles. The van der Waals surface area contributed by atoms with Gasteiger partial charge in [0.2, 0.25) is 0 Å². The van der Waals surface area contributed by atoms with Crippen LogP contribution in [0.5, 0.6) is 0 Å². The van der Waals surface area contributed by atoms with Crippen LogP contribution in [0.1, 0.15) is 0 Å². The van der Waals surface area contributed by atoms with Crippen LogP contribution in [0.25, 0.3) is 0 Å². The predicted molar refractivity (Wildman–Crippen MR) is 20.6 cm³/mol. The van der Waals surface area contributed by atoms with Gasteiger partial charge in [-0.1, -0.05) is 0 Å². The summed E-state index contributed by atoms with van der Waals surface area (Å²) in [5.74, 6) is 0. The monoisotopic (exact) mass is 109 g/mol. The topological polar surface area (TPSA) is 60.4 Å². The summed E-state index contributed by atoms with van der Waals surface area (Å²) in [7, 11) is -3.34. The Kier molecular flexibility index (Phi) is 1.78. The Morgan fingerprint density at radius 1 is 2.00 bits per heavy atom. The molecule has 0 aliphatic heterocycles. The van der Waals surface area contributed by atoms with Crippen LogP contribution in [0.4, 0.5) is 0 Å². The van der Waals surface area contributed by atoms with Gasteiger partial charge in [0.1, 0.15) is 0 Å². The van der Waals surface area contributed by atoms with E-state index in [-0.39, 0.29) is 0 Å². The van der Waals surface area contributed by atoms with Gasteiger partial charge in [0.15, 0.2) is 0 Å². The Bertz CT molecular complexity index is 72.9. The molecule has 4 heteroatoms. The number of hydrogen-bond acceptors (Lipinski definition) is 3. The lowest BCUT2D eigenvalue weighted by atomic mass is 11.7. The first-order valence-electron chi connectivity index (χ1n) is 1.44. The van der Waals surface area contributed by atoms with Gasteiger partial charge in [0, 0.05) is 7.37 Å². The Morgan fingerprint density at radius 2 is 2.17 bits per heavy atom. The lowest BCUT2D eigenvalue weighted by molar-refractivity contribution is -0.176. The fraction of sp³-hybridized carbons (Fsp3) is 1.00. The van der Waals surface area contributed by atoms with Crippen molar-refractivity contribution >= 4 is 7.37 Å². The minimum atomic E-state index is -3.34. The number of rotatable bonds is 1. The molecule has 1 atom stereocenters. The summed E-state index contributed by atoms with van der Waals surface area (Å²) in [6.07, 6.45) is -0.729. The van der Waals surface area contributed by atoms with Crippen molar-refractivity contribution in [3.63, 3.8) is 0 Å². The molecule has 0 aromatic carbocycles. The summed E-state index contributed by atoms with van der Waals surface area (Å²) in [6.45, 7) is 0.993. The van der Waals surface area contributed by atoms with E-state index in [2.05, 4.69) is 0 Å². The van der Waals surface area contributed by atoms with E-state index in [9.17, 15) is 9.46 Å². The highest BCUT2D eigenvalue weighted by atomic mass is 31.2. The van der Waals surface area contributed by atoms with E-state index < -0.39 is 13.7 Å². The van der Waals surface area contributed by atoms with E-state index in [0.717, 1.165) is 6.66 Å². The quantitative estimate of drug-likeness (QED) is 0.448. The van der Waals surface area contributed by atoms with Gasteiger partial charge < -0.3 is 14.6 Å². The average Bonchev–Trinajstić information content (AvgIpc) is 1.35. The van der Waals surface area contributed by atoms with Crippen LogP contribution in [0.3, 0.4) is 0 Å². The highest BCUT2D eigenvalue weighted by Gasteiger charge is 1.89. The molecule has 0 aliphatic carbocycles. The molecule has 0 saturated heterocycles. The first kappa shape index (κ1) is 6.15. The summed E-state index contributed by atoms with van der Waals surface area (Å²) < 4.78 is 9.78. The third-order valence-corrected chi connectivity index (χ3v) is 0.771. The molecule has 6 heavy (non-hydrogen) atoms. The Balaban J connectivity index is 3.48. The molecule has 0 aromatic rings. The van der Waals surface area contributed by atoms with Crippen molar-refractivity contribution in [2.24, 2.45) is 0 Å². The second kappa shape index (κ2) is 1.73. The van der Waals surface area contributed by atoms with Crippen LogP contribution in [0, 0.1) is 0 Å². The maximum atomic E-state index is 9.78. The first-order valence-corrected chi connectivity index (χ1v) is 3.70. The zero-order valence-corrected chi connectivity index (χ0v) is 4.31. The normalized spacial score (nSPS) is 19.8. The van der Waals surface area contributed by atoms with Crippen LogP contribution in [0.15, 0.2) is 0 Å². The van der Waals surface area contributed by atoms with E-state index in [1.165, 1.54) is 0 Å². The molecule has 1 unspecified atom stereocenters. The Morgan fingerprint density at radius 3 is 2.17 bits per heavy atom. The standard InChI is InChI=1S/C2H7O3P/c1-6(4,5)2-3/h3H,2H2,1H3,(H,4,5)/p-1. The Hall–Kier alpha value is 0.150. The molecule has 0 aliphatic rings.